The van der Waals surface area contributed by atoms with E-state index in [1.54, 1.807) is 4.90 Å². The Balaban J connectivity index is 1.38. The smallest absolute Gasteiger partial charge is 0.227 e. The highest BCUT2D eigenvalue weighted by molar-refractivity contribution is 6.00. The van der Waals surface area contributed by atoms with Crippen molar-refractivity contribution < 1.29 is 14.3 Å². The van der Waals surface area contributed by atoms with Gasteiger partial charge in [-0.2, -0.15) is 0 Å². The fourth-order valence-electron chi connectivity index (χ4n) is 4.02. The predicted octanol–water partition coefficient (Wildman–Crippen LogP) is 1.82. The van der Waals surface area contributed by atoms with Gasteiger partial charge in [0, 0.05) is 31.8 Å². The molecule has 3 aliphatic rings. The molecule has 1 aliphatic carbocycles. The Kier molecular flexibility index (Phi) is 4.27. The molecule has 4 rings (SSSR count). The maximum atomic E-state index is 12.4. The first kappa shape index (κ1) is 15.6. The second kappa shape index (κ2) is 6.55. The van der Waals surface area contributed by atoms with Crippen molar-refractivity contribution in [3.8, 4) is 0 Å². The molecule has 2 fully saturated rings. The Morgan fingerprint density at radius 3 is 2.96 bits per heavy atom. The summed E-state index contributed by atoms with van der Waals surface area (Å²) in [5.74, 6) is -0.236. The molecule has 0 bridgehead atoms. The van der Waals surface area contributed by atoms with Gasteiger partial charge in [-0.1, -0.05) is 6.07 Å². The van der Waals surface area contributed by atoms with Gasteiger partial charge in [-0.05, 0) is 55.4 Å². The highest BCUT2D eigenvalue weighted by Gasteiger charge is 2.35. The number of fused-ring (bicyclic) bond motifs is 1. The minimum Gasteiger partial charge on any atom is -0.376 e. The molecule has 1 aromatic rings. The van der Waals surface area contributed by atoms with Crippen molar-refractivity contribution in [2.24, 2.45) is 5.92 Å². The standard InChI is InChI=1S/C19H24N2O3/c22-18-10-15(19(23)20-11-17-5-2-8-24-17)12-21(18)16-7-6-13-3-1-4-14(13)9-16/h6-7,9,15,17H,1-5,8,10-12H2,(H,20,23). The van der Waals surface area contributed by atoms with Gasteiger partial charge in [0.05, 0.1) is 12.0 Å². The highest BCUT2D eigenvalue weighted by atomic mass is 16.5. The van der Waals surface area contributed by atoms with Gasteiger partial charge in [-0.15, -0.1) is 0 Å². The van der Waals surface area contributed by atoms with E-state index in [0.717, 1.165) is 38.0 Å². The minimum atomic E-state index is -0.257. The lowest BCUT2D eigenvalue weighted by Crippen LogP contribution is -2.37. The van der Waals surface area contributed by atoms with E-state index in [1.807, 2.05) is 6.07 Å². The maximum Gasteiger partial charge on any atom is 0.227 e. The van der Waals surface area contributed by atoms with Crippen molar-refractivity contribution in [2.75, 3.05) is 24.6 Å². The van der Waals surface area contributed by atoms with E-state index in [4.69, 9.17) is 4.74 Å². The number of carbonyl (C=O) groups excluding carboxylic acids is 2. The lowest BCUT2D eigenvalue weighted by atomic mass is 10.1. The number of benzene rings is 1. The van der Waals surface area contributed by atoms with Crippen LogP contribution in [0.25, 0.3) is 0 Å². The van der Waals surface area contributed by atoms with Crippen LogP contribution in [0.1, 0.15) is 36.8 Å². The molecule has 5 nitrogen and oxygen atoms in total. The summed E-state index contributed by atoms with van der Waals surface area (Å²) in [7, 11) is 0. The van der Waals surface area contributed by atoms with E-state index < -0.39 is 0 Å². The molecule has 1 N–H and O–H groups in total. The Hall–Kier alpha value is -1.88. The summed E-state index contributed by atoms with van der Waals surface area (Å²) in [6.45, 7) is 1.83. The van der Waals surface area contributed by atoms with Gasteiger partial charge < -0.3 is 15.0 Å². The van der Waals surface area contributed by atoms with Gasteiger partial charge in [-0.3, -0.25) is 9.59 Å². The number of anilines is 1. The van der Waals surface area contributed by atoms with Crippen LogP contribution in [-0.4, -0.2) is 37.6 Å². The second-order valence-electron chi connectivity index (χ2n) is 7.09. The molecule has 2 heterocycles. The van der Waals surface area contributed by atoms with Gasteiger partial charge in [0.1, 0.15) is 0 Å². The van der Waals surface area contributed by atoms with Crippen molar-refractivity contribution in [1.29, 1.82) is 0 Å². The van der Waals surface area contributed by atoms with E-state index in [-0.39, 0.29) is 23.8 Å². The van der Waals surface area contributed by atoms with Gasteiger partial charge in [0.15, 0.2) is 0 Å². The molecule has 2 amide bonds. The van der Waals surface area contributed by atoms with Crippen LogP contribution in [0, 0.1) is 5.92 Å². The molecule has 2 aliphatic heterocycles. The molecular formula is C19H24N2O3. The molecular weight excluding hydrogens is 304 g/mol. The Morgan fingerprint density at radius 2 is 2.12 bits per heavy atom. The third kappa shape index (κ3) is 3.05. The normalized spacial score (nSPS) is 26.0. The van der Waals surface area contributed by atoms with Crippen LogP contribution in [0.3, 0.4) is 0 Å². The summed E-state index contributed by atoms with van der Waals surface area (Å²) in [5.41, 5.74) is 3.69. The summed E-state index contributed by atoms with van der Waals surface area (Å²) in [6, 6.07) is 6.29. The molecule has 2 unspecified atom stereocenters. The van der Waals surface area contributed by atoms with E-state index in [9.17, 15) is 9.59 Å². The first-order valence-electron chi connectivity index (χ1n) is 9.02. The van der Waals surface area contributed by atoms with Crippen molar-refractivity contribution in [2.45, 2.75) is 44.6 Å². The number of carbonyl (C=O) groups is 2. The number of amides is 2. The zero-order valence-corrected chi connectivity index (χ0v) is 13.9. The fourth-order valence-corrected chi connectivity index (χ4v) is 4.02. The molecule has 128 valence electrons. The maximum absolute atomic E-state index is 12.4. The Labute approximate surface area is 142 Å². The van der Waals surface area contributed by atoms with Crippen molar-refractivity contribution in [1.82, 2.24) is 5.32 Å². The van der Waals surface area contributed by atoms with E-state index in [2.05, 4.69) is 17.4 Å². The summed E-state index contributed by atoms with van der Waals surface area (Å²) in [6.07, 6.45) is 5.93. The first-order chi connectivity index (χ1) is 11.7. The fraction of sp³-hybridized carbons (Fsp3) is 0.579. The van der Waals surface area contributed by atoms with Crippen molar-refractivity contribution >= 4 is 17.5 Å². The zero-order valence-electron chi connectivity index (χ0n) is 13.9. The van der Waals surface area contributed by atoms with Crippen LogP contribution in [-0.2, 0) is 27.2 Å². The average molecular weight is 328 g/mol. The van der Waals surface area contributed by atoms with Crippen molar-refractivity contribution in [3.05, 3.63) is 29.3 Å². The van der Waals surface area contributed by atoms with Gasteiger partial charge >= 0.3 is 0 Å². The SMILES string of the molecule is O=C(NCC1CCCO1)C1CC(=O)N(c2ccc3c(c2)CCC3)C1. The number of ether oxygens (including phenoxy) is 1. The highest BCUT2D eigenvalue weighted by Crippen LogP contribution is 2.30. The number of nitrogens with zero attached hydrogens (tertiary/aromatic N) is 1. The molecule has 0 spiro atoms. The van der Waals surface area contributed by atoms with Crippen LogP contribution in [0.4, 0.5) is 5.69 Å². The molecule has 0 radical (unpaired) electrons. The molecule has 2 saturated heterocycles. The van der Waals surface area contributed by atoms with Crippen LogP contribution in [0.15, 0.2) is 18.2 Å². The predicted molar refractivity (Wildman–Crippen MR) is 90.9 cm³/mol. The molecule has 24 heavy (non-hydrogen) atoms. The van der Waals surface area contributed by atoms with E-state index in [0.29, 0.717) is 19.5 Å². The zero-order chi connectivity index (χ0) is 16.5. The molecule has 1 aromatic carbocycles. The van der Waals surface area contributed by atoms with Gasteiger partial charge in [-0.25, -0.2) is 0 Å². The molecule has 5 heteroatoms. The number of hydrogen-bond donors (Lipinski definition) is 1. The van der Waals surface area contributed by atoms with Crippen molar-refractivity contribution in [3.63, 3.8) is 0 Å². The third-order valence-corrected chi connectivity index (χ3v) is 5.42. The minimum absolute atomic E-state index is 0.0255. The van der Waals surface area contributed by atoms with Crippen LogP contribution < -0.4 is 10.2 Å². The Morgan fingerprint density at radius 1 is 1.25 bits per heavy atom. The van der Waals surface area contributed by atoms with Crippen LogP contribution in [0.2, 0.25) is 0 Å². The molecule has 0 saturated carbocycles. The van der Waals surface area contributed by atoms with Crippen LogP contribution >= 0.6 is 0 Å². The third-order valence-electron chi connectivity index (χ3n) is 5.42. The van der Waals surface area contributed by atoms with Gasteiger partial charge in [0.2, 0.25) is 11.8 Å². The largest absolute Gasteiger partial charge is 0.376 e. The summed E-state index contributed by atoms with van der Waals surface area (Å²) >= 11 is 0. The first-order valence-corrected chi connectivity index (χ1v) is 9.02. The monoisotopic (exact) mass is 328 g/mol. The summed E-state index contributed by atoms with van der Waals surface area (Å²) in [5, 5.41) is 2.96. The topological polar surface area (TPSA) is 58.6 Å². The van der Waals surface area contributed by atoms with E-state index >= 15 is 0 Å². The second-order valence-corrected chi connectivity index (χ2v) is 7.09. The number of hydrogen-bond acceptors (Lipinski definition) is 3. The number of aryl methyl sites for hydroxylation is 2. The summed E-state index contributed by atoms with van der Waals surface area (Å²) < 4.78 is 5.53. The number of rotatable bonds is 4. The molecule has 0 aromatic heterocycles. The number of nitrogens with one attached hydrogen (secondary N) is 1. The lowest BCUT2D eigenvalue weighted by molar-refractivity contribution is -0.126. The average Bonchev–Trinajstić information content (AvgIpc) is 3.32. The molecule has 2 atom stereocenters. The quantitative estimate of drug-likeness (QED) is 0.917. The summed E-state index contributed by atoms with van der Waals surface area (Å²) in [4.78, 5) is 26.5. The van der Waals surface area contributed by atoms with Gasteiger partial charge in [0.25, 0.3) is 0 Å². The lowest BCUT2D eigenvalue weighted by Gasteiger charge is -2.18. The van der Waals surface area contributed by atoms with Crippen LogP contribution in [0.5, 0.6) is 0 Å². The van der Waals surface area contributed by atoms with E-state index in [1.165, 1.54) is 17.5 Å². The Bertz CT molecular complexity index is 652.